The highest BCUT2D eigenvalue weighted by Gasteiger charge is 2.12. The number of benzene rings is 1. The lowest BCUT2D eigenvalue weighted by Gasteiger charge is -2.01. The van der Waals surface area contributed by atoms with Gasteiger partial charge in [-0.15, -0.1) is 10.2 Å². The molecule has 0 saturated carbocycles. The van der Waals surface area contributed by atoms with E-state index in [0.29, 0.717) is 0 Å². The average Bonchev–Trinajstić information content (AvgIpc) is 2.70. The van der Waals surface area contributed by atoms with Crippen molar-refractivity contribution in [2.45, 2.75) is 19.9 Å². The molecule has 0 radical (unpaired) electrons. The maximum absolute atomic E-state index is 5.77. The molecule has 0 amide bonds. The minimum atomic E-state index is -0.0603. The fourth-order valence-corrected chi connectivity index (χ4v) is 2.72. The molecular formula is C11H12BrN3S. The van der Waals surface area contributed by atoms with Gasteiger partial charge in [0.05, 0.1) is 6.04 Å². The van der Waals surface area contributed by atoms with Crippen LogP contribution in [0.5, 0.6) is 0 Å². The van der Waals surface area contributed by atoms with Gasteiger partial charge in [-0.25, -0.2) is 0 Å². The molecule has 1 unspecified atom stereocenters. The highest BCUT2D eigenvalue weighted by atomic mass is 79.9. The van der Waals surface area contributed by atoms with Crippen LogP contribution in [0.1, 0.15) is 23.5 Å². The zero-order valence-corrected chi connectivity index (χ0v) is 11.5. The van der Waals surface area contributed by atoms with Gasteiger partial charge in [-0.1, -0.05) is 38.9 Å². The van der Waals surface area contributed by atoms with Crippen molar-refractivity contribution in [3.8, 4) is 10.6 Å². The van der Waals surface area contributed by atoms with E-state index in [4.69, 9.17) is 5.73 Å². The average molecular weight is 298 g/mol. The summed E-state index contributed by atoms with van der Waals surface area (Å²) in [6.45, 7) is 3.97. The molecular weight excluding hydrogens is 286 g/mol. The predicted octanol–water partition coefficient (Wildman–Crippen LogP) is 3.30. The van der Waals surface area contributed by atoms with Gasteiger partial charge in [0.25, 0.3) is 0 Å². The van der Waals surface area contributed by atoms with Crippen LogP contribution in [-0.4, -0.2) is 10.2 Å². The SMILES string of the molecule is Cc1ccc(Br)c(-c2nnc(C(C)N)s2)c1. The molecule has 0 aliphatic heterocycles. The van der Waals surface area contributed by atoms with E-state index in [1.807, 2.05) is 13.0 Å². The summed E-state index contributed by atoms with van der Waals surface area (Å²) in [7, 11) is 0. The van der Waals surface area contributed by atoms with E-state index in [-0.39, 0.29) is 6.04 Å². The lowest BCUT2D eigenvalue weighted by molar-refractivity contribution is 0.786. The van der Waals surface area contributed by atoms with Gasteiger partial charge in [0.1, 0.15) is 10.0 Å². The molecule has 16 heavy (non-hydrogen) atoms. The van der Waals surface area contributed by atoms with E-state index in [2.05, 4.69) is 45.2 Å². The maximum atomic E-state index is 5.77. The number of aryl methyl sites for hydroxylation is 1. The summed E-state index contributed by atoms with van der Waals surface area (Å²) >= 11 is 5.06. The Labute approximate surface area is 107 Å². The fraction of sp³-hybridized carbons (Fsp3) is 0.273. The van der Waals surface area contributed by atoms with E-state index < -0.39 is 0 Å². The first kappa shape index (κ1) is 11.7. The van der Waals surface area contributed by atoms with Crippen LogP contribution in [-0.2, 0) is 0 Å². The van der Waals surface area contributed by atoms with Crippen molar-refractivity contribution >= 4 is 27.3 Å². The molecule has 2 rings (SSSR count). The van der Waals surface area contributed by atoms with Crippen LogP contribution >= 0.6 is 27.3 Å². The molecule has 0 saturated heterocycles. The van der Waals surface area contributed by atoms with Gasteiger partial charge in [-0.3, -0.25) is 0 Å². The van der Waals surface area contributed by atoms with Gasteiger partial charge >= 0.3 is 0 Å². The second-order valence-corrected chi connectivity index (χ2v) is 5.58. The van der Waals surface area contributed by atoms with Crippen molar-refractivity contribution in [1.29, 1.82) is 0 Å². The number of aromatic nitrogens is 2. The number of halogens is 1. The van der Waals surface area contributed by atoms with Gasteiger partial charge in [0.15, 0.2) is 0 Å². The molecule has 3 nitrogen and oxygen atoms in total. The zero-order chi connectivity index (χ0) is 11.7. The first-order valence-corrected chi connectivity index (χ1v) is 6.54. The zero-order valence-electron chi connectivity index (χ0n) is 9.07. The van der Waals surface area contributed by atoms with Crippen LogP contribution < -0.4 is 5.73 Å². The molecule has 2 N–H and O–H groups in total. The van der Waals surface area contributed by atoms with Crippen molar-refractivity contribution in [1.82, 2.24) is 10.2 Å². The topological polar surface area (TPSA) is 51.8 Å². The standard InChI is InChI=1S/C11H12BrN3S/c1-6-3-4-9(12)8(5-6)11-15-14-10(16-11)7(2)13/h3-5,7H,13H2,1-2H3. The van der Waals surface area contributed by atoms with E-state index >= 15 is 0 Å². The van der Waals surface area contributed by atoms with E-state index in [1.165, 1.54) is 16.9 Å². The molecule has 0 bridgehead atoms. The summed E-state index contributed by atoms with van der Waals surface area (Å²) < 4.78 is 1.03. The summed E-state index contributed by atoms with van der Waals surface area (Å²) in [5.74, 6) is 0. The van der Waals surface area contributed by atoms with Crippen LogP contribution in [0.25, 0.3) is 10.6 Å². The quantitative estimate of drug-likeness (QED) is 0.925. The predicted molar refractivity (Wildman–Crippen MR) is 70.4 cm³/mol. The summed E-state index contributed by atoms with van der Waals surface area (Å²) in [4.78, 5) is 0. The first-order valence-electron chi connectivity index (χ1n) is 4.93. The summed E-state index contributed by atoms with van der Waals surface area (Å²) in [5.41, 5.74) is 8.05. The number of rotatable bonds is 2. The van der Waals surface area contributed by atoms with Crippen molar-refractivity contribution in [3.63, 3.8) is 0 Å². The largest absolute Gasteiger partial charge is 0.322 e. The molecule has 0 aliphatic rings. The highest BCUT2D eigenvalue weighted by Crippen LogP contribution is 2.32. The Morgan fingerprint density at radius 1 is 1.38 bits per heavy atom. The second kappa shape index (κ2) is 4.61. The molecule has 84 valence electrons. The third kappa shape index (κ3) is 2.31. The number of nitrogens with two attached hydrogens (primary N) is 1. The Kier molecular flexibility index (Phi) is 3.37. The van der Waals surface area contributed by atoms with Crippen molar-refractivity contribution in [3.05, 3.63) is 33.2 Å². The van der Waals surface area contributed by atoms with Gasteiger partial charge in [0, 0.05) is 10.0 Å². The van der Waals surface area contributed by atoms with E-state index in [1.54, 1.807) is 0 Å². The fourth-order valence-electron chi connectivity index (χ4n) is 1.33. The van der Waals surface area contributed by atoms with Crippen molar-refractivity contribution in [2.24, 2.45) is 5.73 Å². The van der Waals surface area contributed by atoms with Gasteiger partial charge in [-0.05, 0) is 26.0 Å². The molecule has 1 aromatic heterocycles. The third-order valence-electron chi connectivity index (χ3n) is 2.18. The summed E-state index contributed by atoms with van der Waals surface area (Å²) in [5, 5.41) is 10.0. The third-order valence-corrected chi connectivity index (χ3v) is 4.03. The lowest BCUT2D eigenvalue weighted by Crippen LogP contribution is -2.03. The Hall–Kier alpha value is -0.780. The Balaban J connectivity index is 2.46. The molecule has 5 heteroatoms. The molecule has 1 aromatic carbocycles. The van der Waals surface area contributed by atoms with Gasteiger partial charge in [0.2, 0.25) is 0 Å². The maximum Gasteiger partial charge on any atom is 0.149 e. The van der Waals surface area contributed by atoms with Crippen molar-refractivity contribution < 1.29 is 0 Å². The highest BCUT2D eigenvalue weighted by molar-refractivity contribution is 9.10. The summed E-state index contributed by atoms with van der Waals surface area (Å²) in [6, 6.07) is 6.11. The minimum absolute atomic E-state index is 0.0603. The Morgan fingerprint density at radius 2 is 2.12 bits per heavy atom. The number of nitrogens with zero attached hydrogens (tertiary/aromatic N) is 2. The molecule has 2 aromatic rings. The number of hydrogen-bond acceptors (Lipinski definition) is 4. The van der Waals surface area contributed by atoms with Gasteiger partial charge in [-0.2, -0.15) is 0 Å². The molecule has 1 heterocycles. The van der Waals surface area contributed by atoms with E-state index in [0.717, 1.165) is 20.1 Å². The van der Waals surface area contributed by atoms with E-state index in [9.17, 15) is 0 Å². The molecule has 0 fully saturated rings. The Bertz CT molecular complexity index is 508. The molecule has 0 aliphatic carbocycles. The van der Waals surface area contributed by atoms with Crippen LogP contribution in [0.3, 0.4) is 0 Å². The second-order valence-electron chi connectivity index (χ2n) is 3.72. The first-order chi connectivity index (χ1) is 7.58. The van der Waals surface area contributed by atoms with Crippen LogP contribution in [0.15, 0.2) is 22.7 Å². The van der Waals surface area contributed by atoms with Crippen LogP contribution in [0.2, 0.25) is 0 Å². The lowest BCUT2D eigenvalue weighted by atomic mass is 10.1. The smallest absolute Gasteiger partial charge is 0.149 e. The Morgan fingerprint density at radius 3 is 2.75 bits per heavy atom. The van der Waals surface area contributed by atoms with Crippen molar-refractivity contribution in [2.75, 3.05) is 0 Å². The van der Waals surface area contributed by atoms with Crippen LogP contribution in [0, 0.1) is 6.92 Å². The minimum Gasteiger partial charge on any atom is -0.322 e. The summed E-state index contributed by atoms with van der Waals surface area (Å²) in [6.07, 6.45) is 0. The van der Waals surface area contributed by atoms with Crippen LogP contribution in [0.4, 0.5) is 0 Å². The monoisotopic (exact) mass is 297 g/mol. The molecule has 1 atom stereocenters. The molecule has 0 spiro atoms. The van der Waals surface area contributed by atoms with Gasteiger partial charge < -0.3 is 5.73 Å². The normalized spacial score (nSPS) is 12.8. The number of hydrogen-bond donors (Lipinski definition) is 1.